The lowest BCUT2D eigenvalue weighted by Crippen LogP contribution is -2.62. The van der Waals surface area contributed by atoms with Gasteiger partial charge < -0.3 is 10.1 Å². The fourth-order valence-corrected chi connectivity index (χ4v) is 4.77. The van der Waals surface area contributed by atoms with Gasteiger partial charge in [-0.2, -0.15) is 5.26 Å². The molecule has 0 aliphatic carbocycles. The molecule has 1 amide bonds. The standard InChI is InChI=1S/C24H27N3O2/c25-18-24(26-23(28)29-17-20-10-5-2-6-11-20)14-21-12-7-13-22(15-24)27(21)16-19-8-3-1-4-9-19/h1-6,8-11,21-22H,7,12-17H2,(H,26,28). The Morgan fingerprint density at radius 3 is 2.21 bits per heavy atom. The summed E-state index contributed by atoms with van der Waals surface area (Å²) >= 11 is 0. The zero-order valence-electron chi connectivity index (χ0n) is 16.6. The molecule has 150 valence electrons. The molecule has 2 heterocycles. The third-order valence-electron chi connectivity index (χ3n) is 6.16. The zero-order chi connectivity index (χ0) is 20.1. The Balaban J connectivity index is 1.41. The van der Waals surface area contributed by atoms with E-state index in [9.17, 15) is 10.1 Å². The molecule has 2 aliphatic rings. The van der Waals surface area contributed by atoms with Gasteiger partial charge in [-0.1, -0.05) is 67.1 Å². The topological polar surface area (TPSA) is 65.4 Å². The van der Waals surface area contributed by atoms with Crippen LogP contribution in [0, 0.1) is 11.3 Å². The number of nitrogens with zero attached hydrogens (tertiary/aromatic N) is 2. The minimum absolute atomic E-state index is 0.209. The van der Waals surface area contributed by atoms with Crippen LogP contribution in [0.5, 0.6) is 0 Å². The van der Waals surface area contributed by atoms with Gasteiger partial charge in [-0.15, -0.1) is 0 Å². The molecular formula is C24H27N3O2. The fraction of sp³-hybridized carbons (Fsp3) is 0.417. The van der Waals surface area contributed by atoms with E-state index in [-0.39, 0.29) is 6.61 Å². The summed E-state index contributed by atoms with van der Waals surface area (Å²) in [6.45, 7) is 1.11. The summed E-state index contributed by atoms with van der Waals surface area (Å²) in [6.07, 6.45) is 4.09. The maximum Gasteiger partial charge on any atom is 0.408 e. The van der Waals surface area contributed by atoms with Crippen LogP contribution in [0.25, 0.3) is 0 Å². The molecular weight excluding hydrogens is 362 g/mol. The number of hydrogen-bond donors (Lipinski definition) is 1. The van der Waals surface area contributed by atoms with Gasteiger partial charge in [0.1, 0.15) is 12.1 Å². The number of alkyl carbamates (subject to hydrolysis) is 1. The molecule has 1 N–H and O–H groups in total. The highest BCUT2D eigenvalue weighted by Crippen LogP contribution is 2.40. The van der Waals surface area contributed by atoms with E-state index < -0.39 is 11.6 Å². The maximum absolute atomic E-state index is 12.4. The zero-order valence-corrected chi connectivity index (χ0v) is 16.6. The first-order chi connectivity index (χ1) is 14.2. The van der Waals surface area contributed by atoms with Crippen molar-refractivity contribution < 1.29 is 9.53 Å². The number of benzene rings is 2. The second-order valence-electron chi connectivity index (χ2n) is 8.19. The molecule has 2 fully saturated rings. The lowest BCUT2D eigenvalue weighted by atomic mass is 9.74. The minimum Gasteiger partial charge on any atom is -0.445 e. The monoisotopic (exact) mass is 389 g/mol. The van der Waals surface area contributed by atoms with E-state index in [1.54, 1.807) is 0 Å². The van der Waals surface area contributed by atoms with Crippen molar-refractivity contribution in [1.82, 2.24) is 10.2 Å². The smallest absolute Gasteiger partial charge is 0.408 e. The minimum atomic E-state index is -0.850. The molecule has 2 bridgehead atoms. The number of carbonyl (C=O) groups excluding carboxylic acids is 1. The normalized spacial score (nSPS) is 26.3. The highest BCUT2D eigenvalue weighted by molar-refractivity contribution is 5.69. The fourth-order valence-electron chi connectivity index (χ4n) is 4.77. The van der Waals surface area contributed by atoms with Gasteiger partial charge in [0.2, 0.25) is 0 Å². The number of nitriles is 1. The largest absolute Gasteiger partial charge is 0.445 e. The Morgan fingerprint density at radius 1 is 1.03 bits per heavy atom. The van der Waals surface area contributed by atoms with E-state index in [0.29, 0.717) is 24.9 Å². The van der Waals surface area contributed by atoms with Gasteiger partial charge in [-0.05, 0) is 36.8 Å². The van der Waals surface area contributed by atoms with Gasteiger partial charge >= 0.3 is 6.09 Å². The highest BCUT2D eigenvalue weighted by Gasteiger charge is 2.47. The molecule has 2 saturated heterocycles. The Morgan fingerprint density at radius 2 is 1.62 bits per heavy atom. The van der Waals surface area contributed by atoms with Crippen LogP contribution in [0.15, 0.2) is 60.7 Å². The number of nitrogens with one attached hydrogen (secondary N) is 1. The van der Waals surface area contributed by atoms with Crippen molar-refractivity contribution in [2.24, 2.45) is 0 Å². The van der Waals surface area contributed by atoms with E-state index in [1.807, 2.05) is 36.4 Å². The van der Waals surface area contributed by atoms with E-state index in [1.165, 1.54) is 12.0 Å². The van der Waals surface area contributed by atoms with Crippen molar-refractivity contribution in [2.45, 2.75) is 62.9 Å². The average Bonchev–Trinajstić information content (AvgIpc) is 2.74. The van der Waals surface area contributed by atoms with Crippen LogP contribution in [-0.4, -0.2) is 28.6 Å². The number of piperidine rings is 2. The van der Waals surface area contributed by atoms with Crippen LogP contribution in [-0.2, 0) is 17.9 Å². The van der Waals surface area contributed by atoms with Crippen molar-refractivity contribution in [2.75, 3.05) is 0 Å². The number of amides is 1. The van der Waals surface area contributed by atoms with Crippen LogP contribution >= 0.6 is 0 Å². The third-order valence-corrected chi connectivity index (χ3v) is 6.16. The van der Waals surface area contributed by atoms with Crippen LogP contribution in [0.4, 0.5) is 4.79 Å². The molecule has 2 aliphatic heterocycles. The quantitative estimate of drug-likeness (QED) is 0.824. The van der Waals surface area contributed by atoms with Crippen molar-refractivity contribution >= 4 is 6.09 Å². The SMILES string of the molecule is N#CC1(NC(=O)OCc2ccccc2)CC2CCCC(C1)N2Cc1ccccc1. The van der Waals surface area contributed by atoms with Crippen LogP contribution in [0.1, 0.15) is 43.2 Å². The Labute approximate surface area is 172 Å². The first-order valence-electron chi connectivity index (χ1n) is 10.4. The van der Waals surface area contributed by atoms with Gasteiger partial charge in [-0.25, -0.2) is 4.79 Å². The van der Waals surface area contributed by atoms with Crippen molar-refractivity contribution in [3.63, 3.8) is 0 Å². The van der Waals surface area contributed by atoms with E-state index in [4.69, 9.17) is 4.74 Å². The molecule has 2 atom stereocenters. The van der Waals surface area contributed by atoms with Gasteiger partial charge in [0.05, 0.1) is 6.07 Å². The highest BCUT2D eigenvalue weighted by atomic mass is 16.5. The molecule has 4 rings (SSSR count). The molecule has 0 spiro atoms. The first kappa shape index (κ1) is 19.5. The summed E-state index contributed by atoms with van der Waals surface area (Å²) in [5.74, 6) is 0. The summed E-state index contributed by atoms with van der Waals surface area (Å²) in [5, 5.41) is 12.9. The maximum atomic E-state index is 12.4. The predicted molar refractivity (Wildman–Crippen MR) is 111 cm³/mol. The molecule has 0 saturated carbocycles. The first-order valence-corrected chi connectivity index (χ1v) is 10.4. The summed E-state index contributed by atoms with van der Waals surface area (Å²) in [7, 11) is 0. The molecule has 2 aromatic rings. The Kier molecular flexibility index (Phi) is 5.82. The van der Waals surface area contributed by atoms with Crippen LogP contribution < -0.4 is 5.32 Å². The van der Waals surface area contributed by atoms with Gasteiger partial charge in [0.15, 0.2) is 0 Å². The molecule has 0 aromatic heterocycles. The Bertz CT molecular complexity index is 849. The molecule has 5 heteroatoms. The second kappa shape index (κ2) is 8.67. The van der Waals surface area contributed by atoms with Gasteiger partial charge in [0.25, 0.3) is 0 Å². The van der Waals surface area contributed by atoms with Crippen LogP contribution in [0.2, 0.25) is 0 Å². The molecule has 5 nitrogen and oxygen atoms in total. The van der Waals surface area contributed by atoms with E-state index >= 15 is 0 Å². The van der Waals surface area contributed by atoms with Crippen molar-refractivity contribution in [3.05, 3.63) is 71.8 Å². The molecule has 29 heavy (non-hydrogen) atoms. The van der Waals surface area contributed by atoms with E-state index in [2.05, 4.69) is 40.6 Å². The summed E-state index contributed by atoms with van der Waals surface area (Å²) in [5.41, 5.74) is 1.38. The molecule has 2 aromatic carbocycles. The molecule has 2 unspecified atom stereocenters. The van der Waals surface area contributed by atoms with Crippen molar-refractivity contribution in [3.8, 4) is 6.07 Å². The lowest BCUT2D eigenvalue weighted by molar-refractivity contribution is 0.000109. The van der Waals surface area contributed by atoms with Crippen LogP contribution in [0.3, 0.4) is 0 Å². The summed E-state index contributed by atoms with van der Waals surface area (Å²) < 4.78 is 5.39. The average molecular weight is 389 g/mol. The van der Waals surface area contributed by atoms with Gasteiger partial charge in [0, 0.05) is 18.6 Å². The lowest BCUT2D eigenvalue weighted by Gasteiger charge is -2.51. The number of hydrogen-bond acceptors (Lipinski definition) is 4. The number of carbonyl (C=O) groups is 1. The van der Waals surface area contributed by atoms with Crippen molar-refractivity contribution in [1.29, 1.82) is 5.26 Å². The predicted octanol–water partition coefficient (Wildman–Crippen LogP) is 4.39. The number of fused-ring (bicyclic) bond motifs is 2. The summed E-state index contributed by atoms with van der Waals surface area (Å²) in [4.78, 5) is 15.0. The third kappa shape index (κ3) is 4.60. The summed E-state index contributed by atoms with van der Waals surface area (Å²) in [6, 6.07) is 23.1. The number of rotatable bonds is 5. The van der Waals surface area contributed by atoms with E-state index in [0.717, 1.165) is 24.9 Å². The Hall–Kier alpha value is -2.84. The second-order valence-corrected chi connectivity index (χ2v) is 8.19. The van der Waals surface area contributed by atoms with Gasteiger partial charge in [-0.3, -0.25) is 4.90 Å². The molecule has 0 radical (unpaired) electrons. The number of ether oxygens (including phenoxy) is 1.